The molecule has 2 rings (SSSR count). The van der Waals surface area contributed by atoms with Crippen LogP contribution in [-0.2, 0) is 26.7 Å². The van der Waals surface area contributed by atoms with Crippen LogP contribution in [0, 0.1) is 0 Å². The van der Waals surface area contributed by atoms with Gasteiger partial charge < -0.3 is 19.1 Å². The van der Waals surface area contributed by atoms with Gasteiger partial charge in [-0.3, -0.25) is 9.42 Å². The molecule has 0 bridgehead atoms. The van der Waals surface area contributed by atoms with Crippen LogP contribution in [0.15, 0.2) is 48.5 Å². The molecule has 0 fully saturated rings. The third-order valence-electron chi connectivity index (χ3n) is 4.30. The predicted molar refractivity (Wildman–Crippen MR) is 113 cm³/mol. The molecule has 0 spiro atoms. The Morgan fingerprint density at radius 2 is 1.90 bits per heavy atom. The van der Waals surface area contributed by atoms with E-state index in [0.717, 1.165) is 35.5 Å². The molecule has 2 atom stereocenters. The van der Waals surface area contributed by atoms with Crippen molar-refractivity contribution in [3.63, 3.8) is 0 Å². The van der Waals surface area contributed by atoms with Gasteiger partial charge in [0.15, 0.2) is 6.79 Å². The summed E-state index contributed by atoms with van der Waals surface area (Å²) in [6.45, 7) is 0.0146. The summed E-state index contributed by atoms with van der Waals surface area (Å²) in [4.78, 5) is 10.5. The molecular formula is C21H29FNO6P. The number of benzene rings is 2. The molecule has 0 heterocycles. The van der Waals surface area contributed by atoms with Gasteiger partial charge in [0.05, 0.1) is 7.11 Å². The van der Waals surface area contributed by atoms with Gasteiger partial charge in [-0.2, -0.15) is 0 Å². The summed E-state index contributed by atoms with van der Waals surface area (Å²) in [6.07, 6.45) is 1.13. The second-order valence-electron chi connectivity index (χ2n) is 7.02. The monoisotopic (exact) mass is 441 g/mol. The number of halogens is 1. The highest BCUT2D eigenvalue weighted by atomic mass is 31.2. The summed E-state index contributed by atoms with van der Waals surface area (Å²) in [5, 5.41) is 0. The second-order valence-corrected chi connectivity index (χ2v) is 8.18. The topological polar surface area (TPSA) is 77.5 Å². The Bertz CT molecular complexity index is 829. The van der Waals surface area contributed by atoms with Gasteiger partial charge in [0, 0.05) is 6.54 Å². The molecule has 0 aromatic heterocycles. The highest BCUT2D eigenvalue weighted by Crippen LogP contribution is 2.43. The van der Waals surface area contributed by atoms with Crippen molar-refractivity contribution in [3.8, 4) is 11.5 Å². The van der Waals surface area contributed by atoms with Crippen LogP contribution in [0.25, 0.3) is 0 Å². The van der Waals surface area contributed by atoms with E-state index < -0.39 is 20.8 Å². The van der Waals surface area contributed by atoms with Crippen molar-refractivity contribution in [1.29, 1.82) is 0 Å². The summed E-state index contributed by atoms with van der Waals surface area (Å²) in [5.74, 6) is 1.55. The van der Waals surface area contributed by atoms with Gasteiger partial charge in [-0.15, -0.1) is 4.20 Å². The standard InChI is InChI=1S/C21H29FNO6P/c1-23(2)14-20(28-16-29-30(22,24)25)15-27-21-10-5-4-8-18(21)12-11-17-7-6-9-19(13-17)26-3/h4-10,13,20H,11-12,14-16H2,1-3H3,(H,24,25)/t20-/m0/s1. The Kier molecular flexibility index (Phi) is 9.75. The fourth-order valence-electron chi connectivity index (χ4n) is 2.89. The number of nitrogens with zero attached hydrogens (tertiary/aromatic N) is 1. The number of hydrogen-bond acceptors (Lipinski definition) is 6. The largest absolute Gasteiger partial charge is 0.512 e. The molecule has 7 nitrogen and oxygen atoms in total. The normalized spacial score (nSPS) is 14.3. The minimum absolute atomic E-state index is 0.180. The molecule has 166 valence electrons. The molecule has 0 aliphatic heterocycles. The second kappa shape index (κ2) is 12.0. The lowest BCUT2D eigenvalue weighted by atomic mass is 10.0. The fraction of sp³-hybridized carbons (Fsp3) is 0.429. The number of ether oxygens (including phenoxy) is 3. The van der Waals surface area contributed by atoms with Gasteiger partial charge in [0.25, 0.3) is 0 Å². The molecule has 9 heteroatoms. The lowest BCUT2D eigenvalue weighted by Crippen LogP contribution is -2.34. The van der Waals surface area contributed by atoms with Crippen LogP contribution in [0.4, 0.5) is 4.20 Å². The van der Waals surface area contributed by atoms with E-state index >= 15 is 0 Å². The van der Waals surface area contributed by atoms with Gasteiger partial charge in [0.1, 0.15) is 24.2 Å². The molecule has 0 aliphatic carbocycles. The lowest BCUT2D eigenvalue weighted by Gasteiger charge is -2.22. The minimum atomic E-state index is -5.07. The Balaban J connectivity index is 1.96. The van der Waals surface area contributed by atoms with Crippen LogP contribution < -0.4 is 9.47 Å². The summed E-state index contributed by atoms with van der Waals surface area (Å²) >= 11 is 0. The molecule has 2 aromatic carbocycles. The first-order valence-electron chi connectivity index (χ1n) is 9.54. The first kappa shape index (κ1) is 24.3. The first-order valence-corrected chi connectivity index (χ1v) is 11.0. The molecule has 0 aliphatic rings. The molecule has 1 unspecified atom stereocenters. The Hall–Kier alpha value is -1.96. The van der Waals surface area contributed by atoms with E-state index in [1.165, 1.54) is 0 Å². The third-order valence-corrected chi connectivity index (χ3v) is 4.72. The van der Waals surface area contributed by atoms with E-state index in [1.54, 1.807) is 7.11 Å². The fourth-order valence-corrected chi connectivity index (χ4v) is 3.08. The predicted octanol–water partition coefficient (Wildman–Crippen LogP) is 3.85. The van der Waals surface area contributed by atoms with Crippen LogP contribution in [0.1, 0.15) is 11.1 Å². The van der Waals surface area contributed by atoms with E-state index in [1.807, 2.05) is 61.5 Å². The summed E-state index contributed by atoms with van der Waals surface area (Å²) in [5.41, 5.74) is 2.21. The van der Waals surface area contributed by atoms with Gasteiger partial charge >= 0.3 is 7.91 Å². The Labute approximate surface area is 177 Å². The molecule has 0 saturated heterocycles. The maximum Gasteiger partial charge on any atom is 0.512 e. The Morgan fingerprint density at radius 1 is 1.13 bits per heavy atom. The first-order chi connectivity index (χ1) is 14.3. The molecular weight excluding hydrogens is 412 g/mol. The van der Waals surface area contributed by atoms with Gasteiger partial charge in [0.2, 0.25) is 0 Å². The van der Waals surface area contributed by atoms with Crippen molar-refractivity contribution in [3.05, 3.63) is 59.7 Å². The zero-order valence-corrected chi connectivity index (χ0v) is 18.4. The highest BCUT2D eigenvalue weighted by Gasteiger charge is 2.19. The van der Waals surface area contributed by atoms with Crippen molar-refractivity contribution in [2.75, 3.05) is 41.1 Å². The zero-order valence-electron chi connectivity index (χ0n) is 17.5. The number of methoxy groups -OCH3 is 1. The summed E-state index contributed by atoms with van der Waals surface area (Å²) in [7, 11) is 0.277. The van der Waals surface area contributed by atoms with Crippen molar-refractivity contribution in [2.45, 2.75) is 18.9 Å². The molecule has 0 saturated carbocycles. The number of aryl methyl sites for hydroxylation is 2. The SMILES string of the molecule is COc1cccc(CCc2ccccc2OC[C@H](CN(C)C)OCOP(=O)(O)F)c1. The van der Waals surface area contributed by atoms with Gasteiger partial charge in [-0.05, 0) is 56.3 Å². The van der Waals surface area contributed by atoms with E-state index in [0.29, 0.717) is 6.54 Å². The quantitative estimate of drug-likeness (QED) is 0.374. The van der Waals surface area contributed by atoms with Crippen LogP contribution in [0.2, 0.25) is 0 Å². The number of likely N-dealkylation sites (N-methyl/N-ethyl adjacent to an activating group) is 1. The molecule has 1 N–H and O–H groups in total. The van der Waals surface area contributed by atoms with Crippen LogP contribution >= 0.6 is 7.91 Å². The van der Waals surface area contributed by atoms with Crippen LogP contribution in [0.5, 0.6) is 11.5 Å². The van der Waals surface area contributed by atoms with Crippen molar-refractivity contribution < 1.29 is 32.4 Å². The van der Waals surface area contributed by atoms with E-state index in [4.69, 9.17) is 19.1 Å². The average Bonchev–Trinajstić information content (AvgIpc) is 2.69. The van der Waals surface area contributed by atoms with E-state index in [2.05, 4.69) is 10.6 Å². The molecule has 30 heavy (non-hydrogen) atoms. The average molecular weight is 441 g/mol. The Morgan fingerprint density at radius 3 is 2.60 bits per heavy atom. The molecule has 2 aromatic rings. The lowest BCUT2D eigenvalue weighted by molar-refractivity contribution is -0.0664. The molecule has 0 radical (unpaired) electrons. The van der Waals surface area contributed by atoms with E-state index in [9.17, 15) is 8.76 Å². The number of para-hydroxylation sites is 1. The highest BCUT2D eigenvalue weighted by molar-refractivity contribution is 7.46. The van der Waals surface area contributed by atoms with Gasteiger partial charge in [-0.1, -0.05) is 30.3 Å². The number of hydrogen-bond donors (Lipinski definition) is 1. The van der Waals surface area contributed by atoms with E-state index in [-0.39, 0.29) is 6.61 Å². The summed E-state index contributed by atoms with van der Waals surface area (Å²) in [6, 6.07) is 15.7. The maximum absolute atomic E-state index is 12.6. The maximum atomic E-state index is 12.6. The third kappa shape index (κ3) is 9.24. The molecule has 0 amide bonds. The van der Waals surface area contributed by atoms with Crippen LogP contribution in [0.3, 0.4) is 0 Å². The van der Waals surface area contributed by atoms with Crippen molar-refractivity contribution >= 4 is 7.91 Å². The zero-order chi connectivity index (χ0) is 22.0. The van der Waals surface area contributed by atoms with Crippen molar-refractivity contribution in [2.24, 2.45) is 0 Å². The smallest absolute Gasteiger partial charge is 0.497 e. The minimum Gasteiger partial charge on any atom is -0.497 e. The van der Waals surface area contributed by atoms with Crippen molar-refractivity contribution in [1.82, 2.24) is 4.90 Å². The van der Waals surface area contributed by atoms with Crippen LogP contribution in [-0.4, -0.2) is 57.0 Å². The van der Waals surface area contributed by atoms with Gasteiger partial charge in [-0.25, -0.2) is 4.57 Å². The number of rotatable bonds is 13. The summed E-state index contributed by atoms with van der Waals surface area (Å²) < 4.78 is 44.0.